The molecule has 0 aliphatic carbocycles. The average molecular weight is 437 g/mol. The summed E-state index contributed by atoms with van der Waals surface area (Å²) in [5.74, 6) is -0.150. The molecule has 2 aromatic heterocycles. The first-order valence-corrected chi connectivity index (χ1v) is 11.2. The third kappa shape index (κ3) is 4.32. The normalized spacial score (nSPS) is 15.0. The molecule has 3 heterocycles. The van der Waals surface area contributed by atoms with Gasteiger partial charge in [-0.25, -0.2) is 4.98 Å². The van der Waals surface area contributed by atoms with E-state index in [0.717, 1.165) is 59.6 Å². The molecule has 0 bridgehead atoms. The van der Waals surface area contributed by atoms with Gasteiger partial charge in [-0.2, -0.15) is 0 Å². The zero-order chi connectivity index (χ0) is 21.4. The fourth-order valence-corrected chi connectivity index (χ4v) is 5.04. The Bertz CT molecular complexity index is 1260. The topological polar surface area (TPSA) is 80.5 Å². The second-order valence-electron chi connectivity index (χ2n) is 8.02. The Morgan fingerprint density at radius 1 is 1.19 bits per heavy atom. The van der Waals surface area contributed by atoms with Crippen LogP contribution in [0.1, 0.15) is 22.4 Å². The van der Waals surface area contributed by atoms with Crippen molar-refractivity contribution < 1.29 is 14.1 Å². The molecule has 160 valence electrons. The van der Waals surface area contributed by atoms with Crippen LogP contribution in [-0.4, -0.2) is 47.3 Å². The Morgan fingerprint density at radius 3 is 2.87 bits per heavy atom. The summed E-state index contributed by atoms with van der Waals surface area (Å²) in [5, 5.41) is 8.56. The minimum Gasteiger partial charge on any atom is -0.379 e. The molecule has 5 rings (SSSR count). The third-order valence-corrected chi connectivity index (χ3v) is 6.46. The first-order chi connectivity index (χ1) is 15.0. The summed E-state index contributed by atoms with van der Waals surface area (Å²) in [6.07, 6.45) is 0.148. The summed E-state index contributed by atoms with van der Waals surface area (Å²) in [7, 11) is 0. The van der Waals surface area contributed by atoms with Crippen molar-refractivity contribution in [1.29, 1.82) is 0 Å². The number of carbonyl (C=O) groups is 1. The van der Waals surface area contributed by atoms with E-state index in [0.29, 0.717) is 16.4 Å². The number of rotatable bonds is 5. The Balaban J connectivity index is 1.29. The van der Waals surface area contributed by atoms with Crippen LogP contribution in [0, 0.1) is 13.8 Å². The summed E-state index contributed by atoms with van der Waals surface area (Å²) in [4.78, 5) is 19.6. The van der Waals surface area contributed by atoms with E-state index < -0.39 is 0 Å². The number of carbonyl (C=O) groups excluding carboxylic acids is 1. The third-order valence-electron chi connectivity index (χ3n) is 5.52. The van der Waals surface area contributed by atoms with Gasteiger partial charge in [-0.3, -0.25) is 9.69 Å². The van der Waals surface area contributed by atoms with Crippen LogP contribution in [0.15, 0.2) is 34.9 Å². The maximum Gasteiger partial charge on any atom is 0.232 e. The predicted octanol–water partition coefficient (Wildman–Crippen LogP) is 4.07. The van der Waals surface area contributed by atoms with E-state index in [-0.39, 0.29) is 12.3 Å². The number of morpholine rings is 1. The molecule has 1 saturated heterocycles. The number of anilines is 1. The lowest BCUT2D eigenvalue weighted by Crippen LogP contribution is -2.35. The monoisotopic (exact) mass is 436 g/mol. The number of hydrogen-bond acceptors (Lipinski definition) is 7. The number of benzene rings is 2. The zero-order valence-electron chi connectivity index (χ0n) is 17.6. The number of hydrogen-bond donors (Lipinski definition) is 1. The van der Waals surface area contributed by atoms with Crippen molar-refractivity contribution in [3.8, 4) is 0 Å². The molecular weight excluding hydrogens is 412 g/mol. The highest BCUT2D eigenvalue weighted by molar-refractivity contribution is 7.22. The van der Waals surface area contributed by atoms with Gasteiger partial charge < -0.3 is 14.6 Å². The molecule has 1 amide bonds. The second kappa shape index (κ2) is 8.37. The van der Waals surface area contributed by atoms with Gasteiger partial charge in [0.15, 0.2) is 10.7 Å². The largest absolute Gasteiger partial charge is 0.379 e. The minimum atomic E-state index is -0.150. The van der Waals surface area contributed by atoms with E-state index in [9.17, 15) is 4.79 Å². The Hall–Kier alpha value is -2.81. The minimum absolute atomic E-state index is 0.148. The lowest BCUT2D eigenvalue weighted by molar-refractivity contribution is -0.115. The van der Waals surface area contributed by atoms with E-state index in [4.69, 9.17) is 9.26 Å². The van der Waals surface area contributed by atoms with E-state index in [1.165, 1.54) is 16.9 Å². The van der Waals surface area contributed by atoms with Crippen LogP contribution >= 0.6 is 11.3 Å². The van der Waals surface area contributed by atoms with Crippen molar-refractivity contribution in [1.82, 2.24) is 15.0 Å². The first-order valence-electron chi connectivity index (χ1n) is 10.4. The molecule has 8 heteroatoms. The molecule has 0 unspecified atom stereocenters. The van der Waals surface area contributed by atoms with Crippen molar-refractivity contribution >= 4 is 43.6 Å². The van der Waals surface area contributed by atoms with Crippen molar-refractivity contribution in [2.45, 2.75) is 26.8 Å². The highest BCUT2D eigenvalue weighted by Gasteiger charge is 2.17. The van der Waals surface area contributed by atoms with Crippen LogP contribution in [-0.2, 0) is 22.5 Å². The maximum atomic E-state index is 12.7. The molecule has 1 N–H and O–H groups in total. The number of aromatic nitrogens is 2. The van der Waals surface area contributed by atoms with Gasteiger partial charge in [-0.1, -0.05) is 28.6 Å². The molecule has 31 heavy (non-hydrogen) atoms. The van der Waals surface area contributed by atoms with Crippen LogP contribution in [0.4, 0.5) is 5.13 Å². The second-order valence-corrected chi connectivity index (χ2v) is 9.05. The van der Waals surface area contributed by atoms with Gasteiger partial charge in [0.2, 0.25) is 5.91 Å². The number of amides is 1. The molecule has 7 nitrogen and oxygen atoms in total. The van der Waals surface area contributed by atoms with Crippen molar-refractivity contribution in [2.75, 3.05) is 31.6 Å². The Morgan fingerprint density at radius 2 is 2.03 bits per heavy atom. The van der Waals surface area contributed by atoms with Crippen LogP contribution in [0.25, 0.3) is 21.2 Å². The molecular formula is C23H24N4O3S. The standard InChI is InChI=1S/C23H24N4O3S/c1-14-9-15(2)22-18(26-30-19(22)10-14)12-21(28)25-23-24-17-4-3-16(11-20(17)31-23)13-27-5-7-29-8-6-27/h3-4,9-11H,5-8,12-13H2,1-2H3,(H,24,25,28). The Labute approximate surface area is 184 Å². The number of fused-ring (bicyclic) bond motifs is 2. The maximum absolute atomic E-state index is 12.7. The quantitative estimate of drug-likeness (QED) is 0.508. The SMILES string of the molecule is Cc1cc(C)c2c(CC(=O)Nc3nc4ccc(CN5CCOCC5)cc4s3)noc2c1. The van der Waals surface area contributed by atoms with E-state index in [2.05, 4.69) is 38.6 Å². The number of thiazole rings is 1. The van der Waals surface area contributed by atoms with Crippen molar-refractivity contribution in [3.63, 3.8) is 0 Å². The van der Waals surface area contributed by atoms with Crippen LogP contribution < -0.4 is 5.32 Å². The van der Waals surface area contributed by atoms with Crippen molar-refractivity contribution in [3.05, 3.63) is 52.7 Å². The molecule has 0 saturated carbocycles. The highest BCUT2D eigenvalue weighted by Crippen LogP contribution is 2.28. The fourth-order valence-electron chi connectivity index (χ4n) is 4.09. The van der Waals surface area contributed by atoms with E-state index in [1.807, 2.05) is 26.0 Å². The van der Waals surface area contributed by atoms with Crippen LogP contribution in [0.2, 0.25) is 0 Å². The van der Waals surface area contributed by atoms with Gasteiger partial charge in [-0.15, -0.1) is 0 Å². The number of ether oxygens (including phenoxy) is 1. The number of nitrogens with zero attached hydrogens (tertiary/aromatic N) is 3. The molecule has 0 radical (unpaired) electrons. The molecule has 2 aromatic carbocycles. The molecule has 4 aromatic rings. The predicted molar refractivity (Wildman–Crippen MR) is 122 cm³/mol. The average Bonchev–Trinajstić information content (AvgIpc) is 3.31. The number of nitrogens with one attached hydrogen (secondary N) is 1. The van der Waals surface area contributed by atoms with Gasteiger partial charge in [-0.05, 0) is 48.7 Å². The molecule has 1 fully saturated rings. The van der Waals surface area contributed by atoms with E-state index in [1.54, 1.807) is 0 Å². The fraction of sp³-hybridized carbons (Fsp3) is 0.348. The first kappa shape index (κ1) is 20.1. The van der Waals surface area contributed by atoms with Gasteiger partial charge >= 0.3 is 0 Å². The Kier molecular flexibility index (Phi) is 5.43. The van der Waals surface area contributed by atoms with Gasteiger partial charge in [0, 0.05) is 25.0 Å². The summed E-state index contributed by atoms with van der Waals surface area (Å²) in [6, 6.07) is 10.3. The molecule has 0 atom stereocenters. The van der Waals surface area contributed by atoms with E-state index >= 15 is 0 Å². The summed E-state index contributed by atoms with van der Waals surface area (Å²) < 4.78 is 11.9. The zero-order valence-corrected chi connectivity index (χ0v) is 18.4. The summed E-state index contributed by atoms with van der Waals surface area (Å²) in [5.41, 5.74) is 5.68. The highest BCUT2D eigenvalue weighted by atomic mass is 32.1. The number of aryl methyl sites for hydroxylation is 2. The summed E-state index contributed by atoms with van der Waals surface area (Å²) in [6.45, 7) is 8.42. The van der Waals surface area contributed by atoms with Gasteiger partial charge in [0.1, 0.15) is 5.69 Å². The van der Waals surface area contributed by atoms with Gasteiger partial charge in [0.25, 0.3) is 0 Å². The lowest BCUT2D eigenvalue weighted by atomic mass is 10.0. The smallest absolute Gasteiger partial charge is 0.232 e. The van der Waals surface area contributed by atoms with Gasteiger partial charge in [0.05, 0.1) is 29.9 Å². The van der Waals surface area contributed by atoms with Crippen molar-refractivity contribution in [2.24, 2.45) is 0 Å². The summed E-state index contributed by atoms with van der Waals surface area (Å²) >= 11 is 1.49. The molecule has 0 spiro atoms. The molecule has 1 aliphatic rings. The van der Waals surface area contributed by atoms with Crippen LogP contribution in [0.5, 0.6) is 0 Å². The molecule has 1 aliphatic heterocycles. The lowest BCUT2D eigenvalue weighted by Gasteiger charge is -2.26. The van der Waals surface area contributed by atoms with Crippen LogP contribution in [0.3, 0.4) is 0 Å².